The summed E-state index contributed by atoms with van der Waals surface area (Å²) >= 11 is 0. The van der Waals surface area contributed by atoms with Crippen LogP contribution in [0.15, 0.2) is 42.5 Å². The van der Waals surface area contributed by atoms with E-state index in [1.54, 1.807) is 26.4 Å². The Morgan fingerprint density at radius 3 is 1.95 bits per heavy atom. The predicted molar refractivity (Wildman–Crippen MR) is 87.0 cm³/mol. The van der Waals surface area contributed by atoms with E-state index in [1.165, 1.54) is 7.11 Å². The molecule has 0 aliphatic rings. The SMILES string of the molecule is CC=C(c1cc(OC)cc(OC)c1)c1ccc(OC)c(O)c1. The highest BCUT2D eigenvalue weighted by molar-refractivity contribution is 5.81. The molecule has 2 rings (SSSR count). The van der Waals surface area contributed by atoms with E-state index in [4.69, 9.17) is 14.2 Å². The van der Waals surface area contributed by atoms with E-state index >= 15 is 0 Å². The second-order valence-corrected chi connectivity index (χ2v) is 4.69. The zero-order valence-electron chi connectivity index (χ0n) is 13.2. The molecule has 4 nitrogen and oxygen atoms in total. The Balaban J connectivity index is 2.51. The van der Waals surface area contributed by atoms with Crippen molar-refractivity contribution < 1.29 is 19.3 Å². The van der Waals surface area contributed by atoms with Crippen molar-refractivity contribution in [1.82, 2.24) is 0 Å². The van der Waals surface area contributed by atoms with Gasteiger partial charge in [0.25, 0.3) is 0 Å². The Morgan fingerprint density at radius 1 is 0.864 bits per heavy atom. The van der Waals surface area contributed by atoms with Gasteiger partial charge in [0, 0.05) is 6.07 Å². The van der Waals surface area contributed by atoms with Gasteiger partial charge >= 0.3 is 0 Å². The van der Waals surface area contributed by atoms with E-state index < -0.39 is 0 Å². The molecule has 0 aliphatic carbocycles. The van der Waals surface area contributed by atoms with Crippen LogP contribution in [0.4, 0.5) is 0 Å². The number of aromatic hydroxyl groups is 1. The molecule has 2 aromatic carbocycles. The summed E-state index contributed by atoms with van der Waals surface area (Å²) in [5.74, 6) is 1.98. The third-order valence-electron chi connectivity index (χ3n) is 3.44. The smallest absolute Gasteiger partial charge is 0.160 e. The van der Waals surface area contributed by atoms with Gasteiger partial charge < -0.3 is 19.3 Å². The van der Waals surface area contributed by atoms with Crippen LogP contribution in [0.5, 0.6) is 23.0 Å². The van der Waals surface area contributed by atoms with E-state index in [0.29, 0.717) is 17.2 Å². The van der Waals surface area contributed by atoms with Crippen LogP contribution in [-0.2, 0) is 0 Å². The fourth-order valence-electron chi connectivity index (χ4n) is 2.32. The van der Waals surface area contributed by atoms with Crippen LogP contribution < -0.4 is 14.2 Å². The molecular formula is C18H20O4. The minimum Gasteiger partial charge on any atom is -0.504 e. The lowest BCUT2D eigenvalue weighted by molar-refractivity contribution is 0.373. The van der Waals surface area contributed by atoms with Crippen molar-refractivity contribution in [2.75, 3.05) is 21.3 Å². The number of benzene rings is 2. The fourth-order valence-corrected chi connectivity index (χ4v) is 2.32. The van der Waals surface area contributed by atoms with Gasteiger partial charge in [0.15, 0.2) is 11.5 Å². The van der Waals surface area contributed by atoms with Gasteiger partial charge in [-0.15, -0.1) is 0 Å². The van der Waals surface area contributed by atoms with E-state index in [1.807, 2.05) is 37.3 Å². The van der Waals surface area contributed by atoms with Gasteiger partial charge in [-0.2, -0.15) is 0 Å². The van der Waals surface area contributed by atoms with Crippen LogP contribution >= 0.6 is 0 Å². The molecule has 0 aliphatic heterocycles. The zero-order chi connectivity index (χ0) is 16.1. The summed E-state index contributed by atoms with van der Waals surface area (Å²) < 4.78 is 15.7. The lowest BCUT2D eigenvalue weighted by Gasteiger charge is -2.13. The molecule has 22 heavy (non-hydrogen) atoms. The molecule has 0 unspecified atom stereocenters. The molecule has 1 N–H and O–H groups in total. The van der Waals surface area contributed by atoms with Gasteiger partial charge in [-0.3, -0.25) is 0 Å². The molecule has 0 saturated heterocycles. The monoisotopic (exact) mass is 300 g/mol. The Labute approximate surface area is 130 Å². The third-order valence-corrected chi connectivity index (χ3v) is 3.44. The molecule has 116 valence electrons. The maximum atomic E-state index is 9.98. The van der Waals surface area contributed by atoms with E-state index in [9.17, 15) is 5.11 Å². The molecule has 0 heterocycles. The average molecular weight is 300 g/mol. The zero-order valence-corrected chi connectivity index (χ0v) is 13.2. The summed E-state index contributed by atoms with van der Waals surface area (Å²) in [5.41, 5.74) is 2.80. The molecule has 0 aromatic heterocycles. The molecule has 0 bridgehead atoms. The number of ether oxygens (including phenoxy) is 3. The molecule has 0 amide bonds. The number of hydrogen-bond acceptors (Lipinski definition) is 4. The highest BCUT2D eigenvalue weighted by Crippen LogP contribution is 2.34. The Hall–Kier alpha value is -2.62. The summed E-state index contributed by atoms with van der Waals surface area (Å²) in [7, 11) is 4.76. The van der Waals surface area contributed by atoms with Gasteiger partial charge in [0.2, 0.25) is 0 Å². The number of phenols is 1. The molecule has 0 saturated carbocycles. The summed E-state index contributed by atoms with van der Waals surface area (Å²) in [5, 5.41) is 9.98. The first-order valence-electron chi connectivity index (χ1n) is 6.90. The van der Waals surface area contributed by atoms with Crippen molar-refractivity contribution in [3.8, 4) is 23.0 Å². The average Bonchev–Trinajstić information content (AvgIpc) is 2.55. The van der Waals surface area contributed by atoms with Crippen molar-refractivity contribution in [3.05, 3.63) is 53.6 Å². The fraction of sp³-hybridized carbons (Fsp3) is 0.222. The second kappa shape index (κ2) is 6.89. The lowest BCUT2D eigenvalue weighted by Crippen LogP contribution is -1.93. The quantitative estimate of drug-likeness (QED) is 0.910. The van der Waals surface area contributed by atoms with Gasteiger partial charge in [0.05, 0.1) is 21.3 Å². The van der Waals surface area contributed by atoms with Crippen molar-refractivity contribution >= 4 is 5.57 Å². The maximum absolute atomic E-state index is 9.98. The number of hydrogen-bond donors (Lipinski definition) is 1. The molecular weight excluding hydrogens is 280 g/mol. The standard InChI is InChI=1S/C18H20O4/c1-5-16(12-6-7-18(22-4)17(19)10-12)13-8-14(20-2)11-15(9-13)21-3/h5-11,19H,1-4H3. The van der Waals surface area contributed by atoms with Crippen LogP contribution in [0.2, 0.25) is 0 Å². The van der Waals surface area contributed by atoms with Crippen molar-refractivity contribution in [2.24, 2.45) is 0 Å². The number of phenolic OH excluding ortho intramolecular Hbond substituents is 1. The molecule has 0 atom stereocenters. The van der Waals surface area contributed by atoms with E-state index in [2.05, 4.69) is 0 Å². The molecule has 0 spiro atoms. The molecule has 0 fully saturated rings. The van der Waals surface area contributed by atoms with Gasteiger partial charge in [-0.1, -0.05) is 12.1 Å². The minimum atomic E-state index is 0.106. The Kier molecular flexibility index (Phi) is 4.94. The minimum absolute atomic E-state index is 0.106. The molecule has 4 heteroatoms. The van der Waals surface area contributed by atoms with E-state index in [0.717, 1.165) is 16.7 Å². The number of rotatable bonds is 5. The van der Waals surface area contributed by atoms with Crippen LogP contribution in [0.3, 0.4) is 0 Å². The van der Waals surface area contributed by atoms with Gasteiger partial charge in [-0.05, 0) is 47.9 Å². The van der Waals surface area contributed by atoms with Crippen molar-refractivity contribution in [3.63, 3.8) is 0 Å². The van der Waals surface area contributed by atoms with Crippen LogP contribution in [-0.4, -0.2) is 26.4 Å². The molecule has 0 radical (unpaired) electrons. The van der Waals surface area contributed by atoms with Crippen LogP contribution in [0.25, 0.3) is 5.57 Å². The Bertz CT molecular complexity index is 667. The van der Waals surface area contributed by atoms with Crippen LogP contribution in [0, 0.1) is 0 Å². The van der Waals surface area contributed by atoms with Crippen LogP contribution in [0.1, 0.15) is 18.1 Å². The largest absolute Gasteiger partial charge is 0.504 e. The van der Waals surface area contributed by atoms with Gasteiger partial charge in [-0.25, -0.2) is 0 Å². The summed E-state index contributed by atoms with van der Waals surface area (Å²) in [4.78, 5) is 0. The first kappa shape index (κ1) is 15.8. The summed E-state index contributed by atoms with van der Waals surface area (Å²) in [6.07, 6.45) is 1.98. The topological polar surface area (TPSA) is 47.9 Å². The second-order valence-electron chi connectivity index (χ2n) is 4.69. The normalized spacial score (nSPS) is 11.2. The summed E-state index contributed by atoms with van der Waals surface area (Å²) in [6, 6.07) is 11.0. The number of methoxy groups -OCH3 is 3. The third kappa shape index (κ3) is 3.17. The molecule has 2 aromatic rings. The first-order valence-corrected chi connectivity index (χ1v) is 6.90. The highest BCUT2D eigenvalue weighted by Gasteiger charge is 2.11. The predicted octanol–water partition coefficient (Wildman–Crippen LogP) is 3.87. The van der Waals surface area contributed by atoms with Gasteiger partial charge in [0.1, 0.15) is 11.5 Å². The van der Waals surface area contributed by atoms with E-state index in [-0.39, 0.29) is 5.75 Å². The highest BCUT2D eigenvalue weighted by atomic mass is 16.5. The Morgan fingerprint density at radius 2 is 1.50 bits per heavy atom. The number of allylic oxidation sites excluding steroid dienone is 1. The first-order chi connectivity index (χ1) is 10.6. The van der Waals surface area contributed by atoms with Crippen molar-refractivity contribution in [1.29, 1.82) is 0 Å². The summed E-state index contributed by atoms with van der Waals surface area (Å²) in [6.45, 7) is 1.95. The van der Waals surface area contributed by atoms with Crippen molar-refractivity contribution in [2.45, 2.75) is 6.92 Å². The lowest BCUT2D eigenvalue weighted by atomic mass is 9.97. The maximum Gasteiger partial charge on any atom is 0.160 e.